The molecule has 10 heteroatoms. The maximum atomic E-state index is 14.4. The van der Waals surface area contributed by atoms with E-state index in [2.05, 4.69) is 4.74 Å². The van der Waals surface area contributed by atoms with E-state index >= 15 is 0 Å². The van der Waals surface area contributed by atoms with E-state index in [1.807, 2.05) is 6.92 Å². The third kappa shape index (κ3) is 6.29. The van der Waals surface area contributed by atoms with E-state index in [1.54, 1.807) is 0 Å². The van der Waals surface area contributed by atoms with E-state index in [4.69, 9.17) is 0 Å². The van der Waals surface area contributed by atoms with Crippen LogP contribution in [0.15, 0.2) is 48.5 Å². The van der Waals surface area contributed by atoms with Gasteiger partial charge in [-0.2, -0.15) is 22.0 Å². The van der Waals surface area contributed by atoms with Gasteiger partial charge in [-0.15, -0.1) is 0 Å². The molecule has 0 saturated heterocycles. The van der Waals surface area contributed by atoms with Crippen molar-refractivity contribution in [1.29, 1.82) is 0 Å². The van der Waals surface area contributed by atoms with Crippen LogP contribution >= 0.6 is 0 Å². The summed E-state index contributed by atoms with van der Waals surface area (Å²) in [6.45, 7) is 1.83. The highest BCUT2D eigenvalue weighted by atomic mass is 19.4. The maximum Gasteiger partial charge on any atom is 0.422 e. The lowest BCUT2D eigenvalue weighted by atomic mass is 9.99. The first kappa shape index (κ1) is 26.4. The first-order valence-corrected chi connectivity index (χ1v) is 10.5. The molecule has 0 atom stereocenters. The van der Waals surface area contributed by atoms with E-state index < -0.39 is 53.3 Å². The smallest absolute Gasteiger partial charge is 0.422 e. The van der Waals surface area contributed by atoms with E-state index in [1.165, 1.54) is 36.4 Å². The fourth-order valence-corrected chi connectivity index (χ4v) is 3.52. The average molecular weight is 506 g/mol. The van der Waals surface area contributed by atoms with Crippen molar-refractivity contribution in [2.75, 3.05) is 0 Å². The second kappa shape index (κ2) is 10.2. The number of hydrogen-bond acceptors (Lipinski definition) is 1. The van der Waals surface area contributed by atoms with Crippen molar-refractivity contribution in [2.24, 2.45) is 0 Å². The van der Waals surface area contributed by atoms with E-state index in [9.17, 15) is 39.5 Å². The van der Waals surface area contributed by atoms with Gasteiger partial charge >= 0.3 is 12.3 Å². The van der Waals surface area contributed by atoms with Gasteiger partial charge in [0.25, 0.3) is 0 Å². The summed E-state index contributed by atoms with van der Waals surface area (Å²) in [6.07, 6.45) is -9.53. The zero-order chi connectivity index (χ0) is 26.0. The predicted octanol–water partition coefficient (Wildman–Crippen LogP) is 8.49. The van der Waals surface area contributed by atoms with Crippen LogP contribution in [0.25, 0.3) is 11.1 Å². The summed E-state index contributed by atoms with van der Waals surface area (Å²) in [5.74, 6) is -7.21. The van der Waals surface area contributed by atoms with E-state index in [0.29, 0.717) is 24.0 Å². The zero-order valence-electron chi connectivity index (χ0n) is 18.3. The summed E-state index contributed by atoms with van der Waals surface area (Å²) in [5.41, 5.74) is -1.25. The summed E-state index contributed by atoms with van der Waals surface area (Å²) in [7, 11) is 0. The molecule has 0 N–H and O–H groups in total. The molecule has 0 aliphatic heterocycles. The van der Waals surface area contributed by atoms with Crippen LogP contribution in [0.3, 0.4) is 0 Å². The normalized spacial score (nSPS) is 12.2. The Morgan fingerprint density at radius 3 is 1.89 bits per heavy atom. The Morgan fingerprint density at radius 2 is 1.34 bits per heavy atom. The fraction of sp³-hybridized carbons (Fsp3) is 0.280. The maximum absolute atomic E-state index is 14.4. The van der Waals surface area contributed by atoms with E-state index in [0.717, 1.165) is 0 Å². The van der Waals surface area contributed by atoms with Crippen molar-refractivity contribution in [3.05, 3.63) is 88.5 Å². The highest BCUT2D eigenvalue weighted by molar-refractivity contribution is 5.65. The third-order valence-corrected chi connectivity index (χ3v) is 5.22. The monoisotopic (exact) mass is 506 g/mol. The molecule has 0 radical (unpaired) electrons. The number of hydrogen-bond donors (Lipinski definition) is 0. The van der Waals surface area contributed by atoms with Crippen LogP contribution in [0, 0.1) is 23.3 Å². The summed E-state index contributed by atoms with van der Waals surface area (Å²) in [6, 6.07) is 8.67. The third-order valence-electron chi connectivity index (χ3n) is 5.22. The van der Waals surface area contributed by atoms with Crippen LogP contribution in [0.4, 0.5) is 39.5 Å². The predicted molar refractivity (Wildman–Crippen MR) is 111 cm³/mol. The molecule has 0 aliphatic rings. The van der Waals surface area contributed by atoms with Crippen LogP contribution in [0.2, 0.25) is 0 Å². The van der Waals surface area contributed by atoms with Crippen molar-refractivity contribution >= 4 is 0 Å². The molecule has 0 heterocycles. The zero-order valence-corrected chi connectivity index (χ0v) is 18.3. The Balaban J connectivity index is 1.69. The Labute approximate surface area is 195 Å². The number of rotatable bonds is 8. The van der Waals surface area contributed by atoms with Crippen LogP contribution in [-0.2, 0) is 19.0 Å². The lowest BCUT2D eigenvalue weighted by molar-refractivity contribution is -0.180. The Morgan fingerprint density at radius 1 is 0.743 bits per heavy atom. The molecule has 3 aromatic rings. The molecule has 0 bridgehead atoms. The lowest BCUT2D eigenvalue weighted by Gasteiger charge is -2.19. The summed E-state index contributed by atoms with van der Waals surface area (Å²) in [5, 5.41) is 0. The molecule has 0 spiro atoms. The Hall–Kier alpha value is -3.17. The molecule has 0 aliphatic carbocycles. The van der Waals surface area contributed by atoms with Crippen molar-refractivity contribution in [3.8, 4) is 16.9 Å². The summed E-state index contributed by atoms with van der Waals surface area (Å²) < 4.78 is 126. The van der Waals surface area contributed by atoms with Gasteiger partial charge in [0, 0.05) is 17.7 Å². The first-order chi connectivity index (χ1) is 16.3. The Kier molecular flexibility index (Phi) is 7.71. The van der Waals surface area contributed by atoms with Crippen molar-refractivity contribution in [2.45, 2.75) is 44.9 Å². The lowest BCUT2D eigenvalue weighted by Crippen LogP contribution is -2.26. The second-order valence-corrected chi connectivity index (χ2v) is 7.85. The molecule has 3 rings (SSSR count). The van der Waals surface area contributed by atoms with Crippen molar-refractivity contribution in [3.63, 3.8) is 0 Å². The van der Waals surface area contributed by atoms with Gasteiger partial charge in [0.1, 0.15) is 22.9 Å². The minimum Gasteiger partial charge on any atom is -0.432 e. The van der Waals surface area contributed by atoms with Crippen LogP contribution < -0.4 is 4.74 Å². The molecular formula is C25H19F9O. The van der Waals surface area contributed by atoms with Crippen molar-refractivity contribution < 1.29 is 44.3 Å². The van der Waals surface area contributed by atoms with Gasteiger partial charge in [-0.05, 0) is 29.5 Å². The Bertz CT molecular complexity index is 1160. The van der Waals surface area contributed by atoms with Gasteiger partial charge in [-0.1, -0.05) is 49.7 Å². The molecule has 188 valence electrons. The largest absolute Gasteiger partial charge is 0.432 e. The molecule has 0 saturated carbocycles. The minimum atomic E-state index is -5.34. The minimum absolute atomic E-state index is 0.00826. The average Bonchev–Trinajstić information content (AvgIpc) is 2.74. The number of aryl methyl sites for hydroxylation is 2. The second-order valence-electron chi connectivity index (χ2n) is 7.85. The molecule has 3 aromatic carbocycles. The van der Waals surface area contributed by atoms with Gasteiger partial charge in [-0.25, -0.2) is 17.6 Å². The standard InChI is InChI=1S/C25H19F9O/c1-2-3-16-8-9-18(23(29)22(16)28)15-6-4-14(5-7-15)10-11-24(30,31)35-17-12-19(26)21(20(27)13-17)25(32,33)34/h4-9,12-13H,2-3,10-11H2,1H3. The molecule has 0 aromatic heterocycles. The molecule has 0 unspecified atom stereocenters. The topological polar surface area (TPSA) is 9.23 Å². The number of ether oxygens (including phenoxy) is 1. The van der Waals surface area contributed by atoms with Gasteiger partial charge in [-0.3, -0.25) is 0 Å². The van der Waals surface area contributed by atoms with Crippen LogP contribution in [0.1, 0.15) is 36.5 Å². The fourth-order valence-electron chi connectivity index (χ4n) is 3.52. The van der Waals surface area contributed by atoms with Crippen LogP contribution in [0.5, 0.6) is 5.75 Å². The van der Waals surface area contributed by atoms with Gasteiger partial charge in [0.05, 0.1) is 6.42 Å². The van der Waals surface area contributed by atoms with E-state index in [-0.39, 0.29) is 29.7 Å². The molecule has 0 fully saturated rings. The molecule has 0 amide bonds. The van der Waals surface area contributed by atoms with Gasteiger partial charge < -0.3 is 4.74 Å². The van der Waals surface area contributed by atoms with Crippen LogP contribution in [-0.4, -0.2) is 6.11 Å². The van der Waals surface area contributed by atoms with Crippen molar-refractivity contribution in [1.82, 2.24) is 0 Å². The van der Waals surface area contributed by atoms with Gasteiger partial charge in [0.15, 0.2) is 11.6 Å². The number of benzene rings is 3. The summed E-state index contributed by atoms with van der Waals surface area (Å²) >= 11 is 0. The molecule has 1 nitrogen and oxygen atoms in total. The van der Waals surface area contributed by atoms with Gasteiger partial charge in [0.2, 0.25) is 0 Å². The highest BCUT2D eigenvalue weighted by Crippen LogP contribution is 2.37. The number of alkyl halides is 5. The summed E-state index contributed by atoms with van der Waals surface area (Å²) in [4.78, 5) is 0. The molecular weight excluding hydrogens is 487 g/mol. The molecule has 35 heavy (non-hydrogen) atoms. The quantitative estimate of drug-likeness (QED) is 0.279. The number of halogens is 9. The highest BCUT2D eigenvalue weighted by Gasteiger charge is 2.39. The SMILES string of the molecule is CCCc1ccc(-c2ccc(CCC(F)(F)Oc3cc(F)c(C(F)(F)F)c(F)c3)cc2)c(F)c1F. The first-order valence-electron chi connectivity index (χ1n) is 10.5.